The third kappa shape index (κ3) is 3.57. The van der Waals surface area contributed by atoms with Gasteiger partial charge in [0.15, 0.2) is 0 Å². The van der Waals surface area contributed by atoms with E-state index in [0.717, 1.165) is 24.2 Å². The molecule has 0 aliphatic rings. The Kier molecular flexibility index (Phi) is 4.71. The van der Waals surface area contributed by atoms with E-state index in [1.54, 1.807) is 18.5 Å². The zero-order chi connectivity index (χ0) is 14.4. The fourth-order valence-electron chi connectivity index (χ4n) is 1.90. The van der Waals surface area contributed by atoms with Crippen LogP contribution in [-0.2, 0) is 0 Å². The van der Waals surface area contributed by atoms with E-state index in [2.05, 4.69) is 22.5 Å². The lowest BCUT2D eigenvalue weighted by Gasteiger charge is -2.12. The maximum absolute atomic E-state index is 12.3. The van der Waals surface area contributed by atoms with Crippen molar-refractivity contribution in [2.75, 3.05) is 17.2 Å². The summed E-state index contributed by atoms with van der Waals surface area (Å²) in [6, 6.07) is 9.39. The van der Waals surface area contributed by atoms with E-state index in [-0.39, 0.29) is 5.91 Å². The first-order chi connectivity index (χ1) is 9.70. The van der Waals surface area contributed by atoms with Crippen molar-refractivity contribution in [3.63, 3.8) is 0 Å². The smallest absolute Gasteiger partial charge is 0.257 e. The summed E-state index contributed by atoms with van der Waals surface area (Å²) in [5, 5.41) is 6.15. The van der Waals surface area contributed by atoms with Gasteiger partial charge in [0.25, 0.3) is 5.91 Å². The van der Waals surface area contributed by atoms with Crippen LogP contribution in [0.4, 0.5) is 11.4 Å². The molecule has 0 radical (unpaired) electrons. The highest BCUT2D eigenvalue weighted by molar-refractivity contribution is 6.08. The molecular weight excluding hydrogens is 250 g/mol. The number of nitrogens with one attached hydrogen (secondary N) is 2. The average molecular weight is 269 g/mol. The summed E-state index contributed by atoms with van der Waals surface area (Å²) >= 11 is 0. The number of benzene rings is 1. The summed E-state index contributed by atoms with van der Waals surface area (Å²) in [7, 11) is 0. The Balaban J connectivity index is 2.20. The van der Waals surface area contributed by atoms with Gasteiger partial charge >= 0.3 is 0 Å². The number of carbonyl (C=O) groups is 1. The number of anilines is 2. The monoisotopic (exact) mass is 269 g/mol. The van der Waals surface area contributed by atoms with Gasteiger partial charge in [0, 0.05) is 18.4 Å². The molecule has 0 saturated heterocycles. The Morgan fingerprint density at radius 3 is 2.85 bits per heavy atom. The average Bonchev–Trinajstić information content (AvgIpc) is 2.46. The lowest BCUT2D eigenvalue weighted by molar-refractivity contribution is 0.102. The topological polar surface area (TPSA) is 54.0 Å². The molecule has 2 N–H and O–H groups in total. The maximum Gasteiger partial charge on any atom is 0.257 e. The van der Waals surface area contributed by atoms with Crippen LogP contribution in [0.25, 0.3) is 0 Å². The summed E-state index contributed by atoms with van der Waals surface area (Å²) in [5.74, 6) is -0.128. The molecule has 104 valence electrons. The van der Waals surface area contributed by atoms with Crippen LogP contribution in [0.3, 0.4) is 0 Å². The van der Waals surface area contributed by atoms with E-state index < -0.39 is 0 Å². The van der Waals surface area contributed by atoms with E-state index in [1.165, 1.54) is 0 Å². The highest BCUT2D eigenvalue weighted by atomic mass is 16.1. The molecule has 0 atom stereocenters. The Morgan fingerprint density at radius 1 is 1.30 bits per heavy atom. The van der Waals surface area contributed by atoms with Crippen LogP contribution >= 0.6 is 0 Å². The number of rotatable bonds is 5. The van der Waals surface area contributed by atoms with Crippen molar-refractivity contribution < 1.29 is 4.79 Å². The second-order valence-corrected chi connectivity index (χ2v) is 4.67. The van der Waals surface area contributed by atoms with Gasteiger partial charge in [0.1, 0.15) is 0 Å². The fraction of sp³-hybridized carbons (Fsp3) is 0.250. The van der Waals surface area contributed by atoms with Crippen molar-refractivity contribution in [2.45, 2.75) is 20.3 Å². The summed E-state index contributed by atoms with van der Waals surface area (Å²) in [4.78, 5) is 16.3. The molecule has 0 aliphatic carbocycles. The Hall–Kier alpha value is -2.36. The molecule has 1 heterocycles. The minimum absolute atomic E-state index is 0.128. The lowest BCUT2D eigenvalue weighted by Crippen LogP contribution is -2.15. The van der Waals surface area contributed by atoms with E-state index in [1.807, 2.05) is 31.2 Å². The second-order valence-electron chi connectivity index (χ2n) is 4.67. The summed E-state index contributed by atoms with van der Waals surface area (Å²) in [6.07, 6.45) is 4.32. The number of nitrogens with zero attached hydrogens (tertiary/aromatic N) is 1. The van der Waals surface area contributed by atoms with Crippen molar-refractivity contribution in [3.8, 4) is 0 Å². The molecule has 20 heavy (non-hydrogen) atoms. The molecule has 0 fully saturated rings. The van der Waals surface area contributed by atoms with Crippen LogP contribution in [0.2, 0.25) is 0 Å². The number of aromatic nitrogens is 1. The molecular formula is C16H19N3O. The van der Waals surface area contributed by atoms with Crippen LogP contribution < -0.4 is 10.6 Å². The van der Waals surface area contributed by atoms with Crippen LogP contribution in [-0.4, -0.2) is 17.4 Å². The van der Waals surface area contributed by atoms with E-state index >= 15 is 0 Å². The second kappa shape index (κ2) is 6.70. The van der Waals surface area contributed by atoms with Crippen LogP contribution in [0.15, 0.2) is 42.7 Å². The molecule has 0 spiro atoms. The molecule has 1 aromatic carbocycles. The first-order valence-corrected chi connectivity index (χ1v) is 6.76. The Bertz CT molecular complexity index is 582. The minimum Gasteiger partial charge on any atom is -0.384 e. The molecule has 2 aromatic rings. The predicted molar refractivity (Wildman–Crippen MR) is 82.1 cm³/mol. The molecule has 0 aliphatic heterocycles. The number of hydrogen-bond acceptors (Lipinski definition) is 3. The van der Waals surface area contributed by atoms with E-state index in [0.29, 0.717) is 11.3 Å². The number of amides is 1. The maximum atomic E-state index is 12.3. The molecule has 0 bridgehead atoms. The van der Waals surface area contributed by atoms with Gasteiger partial charge in [-0.2, -0.15) is 0 Å². The zero-order valence-corrected chi connectivity index (χ0v) is 11.8. The quantitative estimate of drug-likeness (QED) is 0.874. The molecule has 0 saturated carbocycles. The number of pyridine rings is 1. The SMILES string of the molecule is CCCNc1cc(C)ccc1C(=O)Nc1cccnc1. The largest absolute Gasteiger partial charge is 0.384 e. The van der Waals surface area contributed by atoms with Gasteiger partial charge in [-0.25, -0.2) is 0 Å². The van der Waals surface area contributed by atoms with E-state index in [9.17, 15) is 4.79 Å². The number of carbonyl (C=O) groups excluding carboxylic acids is 1. The first kappa shape index (κ1) is 14.1. The lowest BCUT2D eigenvalue weighted by atomic mass is 10.1. The first-order valence-electron chi connectivity index (χ1n) is 6.76. The van der Waals surface area contributed by atoms with E-state index in [4.69, 9.17) is 0 Å². The van der Waals surface area contributed by atoms with Gasteiger partial charge in [-0.3, -0.25) is 9.78 Å². The highest BCUT2D eigenvalue weighted by Gasteiger charge is 2.11. The van der Waals surface area contributed by atoms with Crippen LogP contribution in [0.5, 0.6) is 0 Å². The third-order valence-corrected chi connectivity index (χ3v) is 2.90. The van der Waals surface area contributed by atoms with Crippen LogP contribution in [0.1, 0.15) is 29.3 Å². The summed E-state index contributed by atoms with van der Waals surface area (Å²) < 4.78 is 0. The van der Waals surface area contributed by atoms with Crippen molar-refractivity contribution in [1.29, 1.82) is 0 Å². The van der Waals surface area contributed by atoms with Gasteiger partial charge in [-0.05, 0) is 43.2 Å². The molecule has 4 heteroatoms. The molecule has 1 aromatic heterocycles. The van der Waals surface area contributed by atoms with Crippen molar-refractivity contribution in [3.05, 3.63) is 53.9 Å². The molecule has 0 unspecified atom stereocenters. The van der Waals surface area contributed by atoms with Crippen molar-refractivity contribution in [1.82, 2.24) is 4.98 Å². The molecule has 4 nitrogen and oxygen atoms in total. The minimum atomic E-state index is -0.128. The van der Waals surface area contributed by atoms with Gasteiger partial charge in [0.2, 0.25) is 0 Å². The Labute approximate surface area is 119 Å². The zero-order valence-electron chi connectivity index (χ0n) is 11.8. The van der Waals surface area contributed by atoms with Gasteiger partial charge < -0.3 is 10.6 Å². The van der Waals surface area contributed by atoms with Crippen molar-refractivity contribution >= 4 is 17.3 Å². The van der Waals surface area contributed by atoms with Crippen LogP contribution in [0, 0.1) is 6.92 Å². The standard InChI is InChI=1S/C16H19N3O/c1-3-8-18-15-10-12(2)6-7-14(15)16(20)19-13-5-4-9-17-11-13/h4-7,9-11,18H,3,8H2,1-2H3,(H,19,20). The summed E-state index contributed by atoms with van der Waals surface area (Å²) in [6.45, 7) is 4.95. The Morgan fingerprint density at radius 2 is 2.15 bits per heavy atom. The number of hydrogen-bond donors (Lipinski definition) is 2. The van der Waals surface area contributed by atoms with Gasteiger partial charge in [-0.15, -0.1) is 0 Å². The molecule has 1 amide bonds. The van der Waals surface area contributed by atoms with Gasteiger partial charge in [-0.1, -0.05) is 13.0 Å². The normalized spacial score (nSPS) is 10.1. The molecule has 2 rings (SSSR count). The highest BCUT2D eigenvalue weighted by Crippen LogP contribution is 2.19. The van der Waals surface area contributed by atoms with Gasteiger partial charge in [0.05, 0.1) is 17.4 Å². The third-order valence-electron chi connectivity index (χ3n) is 2.90. The summed E-state index contributed by atoms with van der Waals surface area (Å²) in [5.41, 5.74) is 3.34. The number of aryl methyl sites for hydroxylation is 1. The van der Waals surface area contributed by atoms with Crippen molar-refractivity contribution in [2.24, 2.45) is 0 Å². The predicted octanol–water partition coefficient (Wildman–Crippen LogP) is 3.46. The fourth-order valence-corrected chi connectivity index (χ4v) is 1.90.